The third-order valence-electron chi connectivity index (χ3n) is 2.22. The maximum atomic E-state index is 13.3. The number of benzene rings is 1. The average Bonchev–Trinajstić information content (AvgIpc) is 2.64. The molecule has 0 aliphatic rings. The molecule has 0 saturated heterocycles. The molecule has 0 atom stereocenters. The smallest absolute Gasteiger partial charge is 0.197 e. The van der Waals surface area contributed by atoms with Crippen molar-refractivity contribution in [1.29, 1.82) is 0 Å². The Bertz CT molecular complexity index is 502. The molecule has 2 rings (SSSR count). The van der Waals surface area contributed by atoms with Crippen molar-refractivity contribution in [2.75, 3.05) is 0 Å². The average molecular weight is 220 g/mol. The third kappa shape index (κ3) is 1.83. The minimum Gasteiger partial charge on any atom is -0.288 e. The minimum atomic E-state index is -0.465. The van der Waals surface area contributed by atoms with E-state index >= 15 is 0 Å². The summed E-state index contributed by atoms with van der Waals surface area (Å²) in [5, 5.41) is 3.64. The lowest BCUT2D eigenvalue weighted by Crippen LogP contribution is -2.03. The molecule has 0 amide bonds. The molecule has 15 heavy (non-hydrogen) atoms. The molecule has 0 bridgehead atoms. The molecule has 1 aromatic carbocycles. The first-order chi connectivity index (χ1) is 7.20. The number of hydrogen-bond donors (Lipinski definition) is 0. The SMILES string of the molecule is Cc1cscc1C(=O)c1ccccc1F. The molecular weight excluding hydrogens is 211 g/mol. The monoisotopic (exact) mass is 220 g/mol. The molecule has 1 nitrogen and oxygen atoms in total. The Morgan fingerprint density at radius 2 is 1.93 bits per heavy atom. The Kier molecular flexibility index (Phi) is 2.64. The second kappa shape index (κ2) is 3.95. The number of ketones is 1. The van der Waals surface area contributed by atoms with Gasteiger partial charge in [-0.05, 0) is 30.0 Å². The molecule has 3 heteroatoms. The standard InChI is InChI=1S/C12H9FOS/c1-8-6-15-7-10(8)12(14)9-4-2-3-5-11(9)13/h2-7H,1H3. The van der Waals surface area contributed by atoms with E-state index in [1.54, 1.807) is 17.5 Å². The highest BCUT2D eigenvalue weighted by Gasteiger charge is 2.15. The molecule has 0 spiro atoms. The molecule has 0 aliphatic carbocycles. The summed E-state index contributed by atoms with van der Waals surface area (Å²) >= 11 is 1.45. The predicted octanol–water partition coefficient (Wildman–Crippen LogP) is 3.43. The van der Waals surface area contributed by atoms with Crippen molar-refractivity contribution < 1.29 is 9.18 Å². The summed E-state index contributed by atoms with van der Waals surface area (Å²) in [7, 11) is 0. The van der Waals surface area contributed by atoms with Crippen molar-refractivity contribution in [3.8, 4) is 0 Å². The van der Waals surface area contributed by atoms with Gasteiger partial charge >= 0.3 is 0 Å². The summed E-state index contributed by atoms with van der Waals surface area (Å²) in [6.45, 7) is 1.85. The molecular formula is C12H9FOS. The number of rotatable bonds is 2. The van der Waals surface area contributed by atoms with E-state index in [1.807, 2.05) is 12.3 Å². The Balaban J connectivity index is 2.46. The second-order valence-corrected chi connectivity index (χ2v) is 4.02. The number of carbonyl (C=O) groups excluding carboxylic acids is 1. The molecule has 0 unspecified atom stereocenters. The lowest BCUT2D eigenvalue weighted by molar-refractivity contribution is 0.103. The summed E-state index contributed by atoms with van der Waals surface area (Å²) in [5.41, 5.74) is 1.62. The van der Waals surface area contributed by atoms with Crippen LogP contribution < -0.4 is 0 Å². The predicted molar refractivity (Wildman–Crippen MR) is 58.9 cm³/mol. The highest BCUT2D eigenvalue weighted by Crippen LogP contribution is 2.19. The molecule has 0 N–H and O–H groups in total. The van der Waals surface area contributed by atoms with Crippen molar-refractivity contribution in [3.05, 3.63) is 57.5 Å². The lowest BCUT2D eigenvalue weighted by Gasteiger charge is -2.01. The summed E-state index contributed by atoms with van der Waals surface area (Å²) in [6, 6.07) is 6.05. The van der Waals surface area contributed by atoms with Gasteiger partial charge in [0.1, 0.15) is 5.82 Å². The van der Waals surface area contributed by atoms with Crippen molar-refractivity contribution in [2.24, 2.45) is 0 Å². The second-order valence-electron chi connectivity index (χ2n) is 3.28. The number of halogens is 1. The van der Waals surface area contributed by atoms with Crippen LogP contribution in [0.2, 0.25) is 0 Å². The fourth-order valence-electron chi connectivity index (χ4n) is 1.38. The van der Waals surface area contributed by atoms with Gasteiger partial charge in [-0.15, -0.1) is 0 Å². The highest BCUT2D eigenvalue weighted by atomic mass is 32.1. The first kappa shape index (κ1) is 10.1. The van der Waals surface area contributed by atoms with Gasteiger partial charge in [-0.2, -0.15) is 11.3 Å². The van der Waals surface area contributed by atoms with Crippen molar-refractivity contribution in [3.63, 3.8) is 0 Å². The number of hydrogen-bond acceptors (Lipinski definition) is 2. The highest BCUT2D eigenvalue weighted by molar-refractivity contribution is 7.08. The van der Waals surface area contributed by atoms with Gasteiger partial charge in [0.25, 0.3) is 0 Å². The van der Waals surface area contributed by atoms with E-state index in [2.05, 4.69) is 0 Å². The third-order valence-corrected chi connectivity index (χ3v) is 3.08. The van der Waals surface area contributed by atoms with Crippen LogP contribution >= 0.6 is 11.3 Å². The zero-order valence-electron chi connectivity index (χ0n) is 8.16. The van der Waals surface area contributed by atoms with E-state index in [4.69, 9.17) is 0 Å². The summed E-state index contributed by atoms with van der Waals surface area (Å²) in [4.78, 5) is 11.9. The van der Waals surface area contributed by atoms with Gasteiger partial charge in [0, 0.05) is 10.9 Å². The Hall–Kier alpha value is -1.48. The minimum absolute atomic E-state index is 0.138. The van der Waals surface area contributed by atoms with Crippen LogP contribution in [0.4, 0.5) is 4.39 Å². The van der Waals surface area contributed by atoms with E-state index in [1.165, 1.54) is 23.5 Å². The first-order valence-electron chi connectivity index (χ1n) is 4.52. The number of aryl methyl sites for hydroxylation is 1. The van der Waals surface area contributed by atoms with Crippen LogP contribution in [0, 0.1) is 12.7 Å². The summed E-state index contributed by atoms with van der Waals surface area (Å²) in [6.07, 6.45) is 0. The van der Waals surface area contributed by atoms with Gasteiger partial charge in [0.05, 0.1) is 5.56 Å². The van der Waals surface area contributed by atoms with Gasteiger partial charge in [-0.1, -0.05) is 12.1 Å². The molecule has 0 saturated carbocycles. The topological polar surface area (TPSA) is 17.1 Å². The summed E-state index contributed by atoms with van der Waals surface area (Å²) < 4.78 is 13.3. The fourth-order valence-corrected chi connectivity index (χ4v) is 2.21. The van der Waals surface area contributed by atoms with E-state index in [9.17, 15) is 9.18 Å². The lowest BCUT2D eigenvalue weighted by atomic mass is 10.0. The Morgan fingerprint density at radius 1 is 1.20 bits per heavy atom. The van der Waals surface area contributed by atoms with Crippen molar-refractivity contribution >= 4 is 17.1 Å². The molecule has 0 aliphatic heterocycles. The molecule has 2 aromatic rings. The van der Waals surface area contributed by atoms with Gasteiger partial charge in [0.15, 0.2) is 5.78 Å². The zero-order valence-corrected chi connectivity index (χ0v) is 8.98. The van der Waals surface area contributed by atoms with Gasteiger partial charge in [-0.3, -0.25) is 4.79 Å². The van der Waals surface area contributed by atoms with Crippen LogP contribution in [-0.2, 0) is 0 Å². The largest absolute Gasteiger partial charge is 0.288 e. The van der Waals surface area contributed by atoms with Crippen LogP contribution in [0.25, 0.3) is 0 Å². The zero-order chi connectivity index (χ0) is 10.8. The van der Waals surface area contributed by atoms with Gasteiger partial charge in [-0.25, -0.2) is 4.39 Å². The quantitative estimate of drug-likeness (QED) is 0.709. The van der Waals surface area contributed by atoms with Crippen LogP contribution in [0.1, 0.15) is 21.5 Å². The molecule has 76 valence electrons. The number of thiophene rings is 1. The normalized spacial score (nSPS) is 10.3. The van der Waals surface area contributed by atoms with E-state index in [0.717, 1.165) is 5.56 Å². The van der Waals surface area contributed by atoms with Gasteiger partial charge < -0.3 is 0 Å². The van der Waals surface area contributed by atoms with Crippen LogP contribution in [0.5, 0.6) is 0 Å². The summed E-state index contributed by atoms with van der Waals surface area (Å²) in [5.74, 6) is -0.708. The van der Waals surface area contributed by atoms with Crippen LogP contribution in [0.15, 0.2) is 35.0 Å². The first-order valence-corrected chi connectivity index (χ1v) is 5.46. The number of carbonyl (C=O) groups is 1. The Labute approximate surface area is 91.2 Å². The van der Waals surface area contributed by atoms with Crippen LogP contribution in [0.3, 0.4) is 0 Å². The molecule has 1 aromatic heterocycles. The van der Waals surface area contributed by atoms with E-state index < -0.39 is 5.82 Å². The molecule has 1 heterocycles. The van der Waals surface area contributed by atoms with E-state index in [-0.39, 0.29) is 11.3 Å². The fraction of sp³-hybridized carbons (Fsp3) is 0.0833. The van der Waals surface area contributed by atoms with Crippen molar-refractivity contribution in [2.45, 2.75) is 6.92 Å². The maximum Gasteiger partial charge on any atom is 0.197 e. The molecule has 0 radical (unpaired) electrons. The van der Waals surface area contributed by atoms with E-state index in [0.29, 0.717) is 5.56 Å². The maximum absolute atomic E-state index is 13.3. The van der Waals surface area contributed by atoms with Crippen molar-refractivity contribution in [1.82, 2.24) is 0 Å². The Morgan fingerprint density at radius 3 is 2.53 bits per heavy atom. The molecule has 0 fully saturated rings. The van der Waals surface area contributed by atoms with Crippen LogP contribution in [-0.4, -0.2) is 5.78 Å². The van der Waals surface area contributed by atoms with Gasteiger partial charge in [0.2, 0.25) is 0 Å².